The van der Waals surface area contributed by atoms with Gasteiger partial charge in [-0.05, 0) is 42.5 Å². The molecule has 9 heteroatoms. The third kappa shape index (κ3) is 3.49. The van der Waals surface area contributed by atoms with Crippen LogP contribution in [0.5, 0.6) is 0 Å². The Kier molecular flexibility index (Phi) is 5.52. The van der Waals surface area contributed by atoms with Gasteiger partial charge in [0.15, 0.2) is 0 Å². The maximum atomic E-state index is 13.4. The summed E-state index contributed by atoms with van der Waals surface area (Å²) in [5.74, 6) is -0.901. The average molecular weight is 470 g/mol. The summed E-state index contributed by atoms with van der Waals surface area (Å²) in [5, 5.41) is 18.2. The summed E-state index contributed by atoms with van der Waals surface area (Å²) < 4.78 is 0. The number of oxime groups is 1. The Morgan fingerprint density at radius 3 is 2.48 bits per heavy atom. The predicted molar refractivity (Wildman–Crippen MR) is 124 cm³/mol. The van der Waals surface area contributed by atoms with Crippen molar-refractivity contribution in [1.82, 2.24) is 0 Å². The number of amides is 1. The molecule has 2 aliphatic rings. The first-order chi connectivity index (χ1) is 15.5. The van der Waals surface area contributed by atoms with Gasteiger partial charge in [-0.1, -0.05) is 55.7 Å². The summed E-state index contributed by atoms with van der Waals surface area (Å²) >= 11 is 5.81. The molecule has 1 N–H and O–H groups in total. The lowest BCUT2D eigenvalue weighted by Gasteiger charge is -2.39. The van der Waals surface area contributed by atoms with E-state index in [0.717, 1.165) is 18.2 Å². The lowest BCUT2D eigenvalue weighted by molar-refractivity contribution is -0.384. The largest absolute Gasteiger partial charge is 0.365 e. The number of anilines is 1. The van der Waals surface area contributed by atoms with Gasteiger partial charge in [-0.2, -0.15) is 0 Å². The van der Waals surface area contributed by atoms with Gasteiger partial charge in [-0.25, -0.2) is 4.79 Å². The number of carbonyl (C=O) groups is 2. The quantitative estimate of drug-likeness (QED) is 0.347. The molecule has 0 aromatic heterocycles. The fraction of sp³-hybridized carbons (Fsp3) is 0.375. The van der Waals surface area contributed by atoms with Crippen LogP contribution >= 0.6 is 11.6 Å². The summed E-state index contributed by atoms with van der Waals surface area (Å²) in [4.78, 5) is 41.6. The van der Waals surface area contributed by atoms with E-state index in [1.165, 1.54) is 12.1 Å². The van der Waals surface area contributed by atoms with Crippen molar-refractivity contribution < 1.29 is 19.3 Å². The van der Waals surface area contributed by atoms with Gasteiger partial charge < -0.3 is 10.2 Å². The number of rotatable bonds is 5. The van der Waals surface area contributed by atoms with Crippen LogP contribution < -0.4 is 5.32 Å². The molecule has 172 valence electrons. The summed E-state index contributed by atoms with van der Waals surface area (Å²) in [6.45, 7) is 6.15. The molecule has 33 heavy (non-hydrogen) atoms. The molecule has 2 aromatic rings. The minimum atomic E-state index is -0.825. The molecule has 2 unspecified atom stereocenters. The van der Waals surface area contributed by atoms with Crippen molar-refractivity contribution in [2.45, 2.75) is 40.0 Å². The molecule has 0 spiro atoms. The van der Waals surface area contributed by atoms with Crippen LogP contribution in [0.4, 0.5) is 11.4 Å². The average Bonchev–Trinajstić information content (AvgIpc) is 3.09. The monoisotopic (exact) mass is 469 g/mol. The minimum absolute atomic E-state index is 0.0282. The van der Waals surface area contributed by atoms with Gasteiger partial charge in [0.1, 0.15) is 5.02 Å². The van der Waals surface area contributed by atoms with E-state index < -0.39 is 27.1 Å². The molecule has 0 radical (unpaired) electrons. The number of nitrogens with one attached hydrogen (secondary N) is 1. The highest BCUT2D eigenvalue weighted by Gasteiger charge is 2.71. The molecule has 1 amide bonds. The Balaban J connectivity index is 1.58. The second kappa shape index (κ2) is 7.95. The van der Waals surface area contributed by atoms with Gasteiger partial charge in [0.2, 0.25) is 5.91 Å². The van der Waals surface area contributed by atoms with Gasteiger partial charge in [0, 0.05) is 23.6 Å². The Morgan fingerprint density at radius 2 is 1.82 bits per heavy atom. The van der Waals surface area contributed by atoms with Crippen LogP contribution in [-0.4, -0.2) is 22.5 Å². The number of fused-ring (bicyclic) bond motifs is 2. The van der Waals surface area contributed by atoms with Crippen molar-refractivity contribution in [3.05, 3.63) is 69.2 Å². The smallest absolute Gasteiger partial charge is 0.326 e. The molecule has 2 atom stereocenters. The van der Waals surface area contributed by atoms with E-state index in [0.29, 0.717) is 18.6 Å². The van der Waals surface area contributed by atoms with Gasteiger partial charge in [-0.15, -0.1) is 0 Å². The Morgan fingerprint density at radius 1 is 1.12 bits per heavy atom. The molecule has 2 aliphatic carbocycles. The summed E-state index contributed by atoms with van der Waals surface area (Å²) in [6.07, 6.45) is 1.79. The first kappa shape index (κ1) is 22.9. The molecule has 8 nitrogen and oxygen atoms in total. The highest BCUT2D eigenvalue weighted by Crippen LogP contribution is 2.71. The van der Waals surface area contributed by atoms with Crippen molar-refractivity contribution in [3.63, 3.8) is 0 Å². The first-order valence-corrected chi connectivity index (χ1v) is 11.0. The molecule has 2 saturated carbocycles. The predicted octanol–water partition coefficient (Wildman–Crippen LogP) is 5.62. The number of benzene rings is 2. The zero-order chi connectivity index (χ0) is 24.0. The molecular weight excluding hydrogens is 446 g/mol. The van der Waals surface area contributed by atoms with E-state index in [1.54, 1.807) is 0 Å². The zero-order valence-electron chi connectivity index (χ0n) is 18.6. The molecule has 4 rings (SSSR count). The third-order valence-corrected chi connectivity index (χ3v) is 8.14. The van der Waals surface area contributed by atoms with E-state index in [4.69, 9.17) is 16.4 Å². The number of nitro benzene ring substituents is 1. The maximum absolute atomic E-state index is 13.4. The van der Waals surface area contributed by atoms with E-state index in [1.807, 2.05) is 37.3 Å². The number of nitro groups is 1. The second-order valence-electron chi connectivity index (χ2n) is 9.38. The molecule has 0 heterocycles. The van der Waals surface area contributed by atoms with Crippen LogP contribution in [0.25, 0.3) is 0 Å². The highest BCUT2D eigenvalue weighted by molar-refractivity contribution is 6.32. The van der Waals surface area contributed by atoms with Crippen LogP contribution in [-0.2, 0) is 9.63 Å². The van der Waals surface area contributed by atoms with Crippen LogP contribution in [0.2, 0.25) is 5.02 Å². The number of hydrogen-bond donors (Lipinski definition) is 1. The number of halogens is 1. The SMILES string of the molecule is CC12CCC(C(=O)Nc3ccccc3)(C/C1=N\OC(=O)c1ccc(Cl)c([N+](=O)[O-])c1)C2(C)C. The summed E-state index contributed by atoms with van der Waals surface area (Å²) in [6, 6.07) is 13.0. The van der Waals surface area contributed by atoms with Gasteiger partial charge >= 0.3 is 5.97 Å². The number of carbonyl (C=O) groups excluding carboxylic acids is 2. The van der Waals surface area contributed by atoms with Crippen LogP contribution in [0.3, 0.4) is 0 Å². The standard InChI is InChI=1S/C24H24ClN3O5/c1-22(2)23(3)11-12-24(22,21(30)26-16-7-5-4-6-8-16)14-19(23)27-33-20(29)15-9-10-17(25)18(13-15)28(31)32/h4-10,13H,11-12,14H2,1-3H3,(H,26,30)/b27-19+. The second-order valence-corrected chi connectivity index (χ2v) is 9.78. The number of para-hydroxylation sites is 1. The Bertz CT molecular complexity index is 1180. The zero-order valence-corrected chi connectivity index (χ0v) is 19.3. The van der Waals surface area contributed by atoms with Gasteiger partial charge in [0.05, 0.1) is 21.6 Å². The Labute approximate surface area is 196 Å². The van der Waals surface area contributed by atoms with Crippen molar-refractivity contribution >= 4 is 40.6 Å². The van der Waals surface area contributed by atoms with Crippen molar-refractivity contribution in [2.24, 2.45) is 21.4 Å². The Hall–Kier alpha value is -3.26. The minimum Gasteiger partial charge on any atom is -0.326 e. The van der Waals surface area contributed by atoms with Crippen molar-refractivity contribution in [2.75, 3.05) is 5.32 Å². The van der Waals surface area contributed by atoms with Crippen LogP contribution in [0, 0.1) is 26.4 Å². The van der Waals surface area contributed by atoms with Crippen molar-refractivity contribution in [1.29, 1.82) is 0 Å². The fourth-order valence-corrected chi connectivity index (χ4v) is 5.41. The molecule has 2 fully saturated rings. The maximum Gasteiger partial charge on any atom is 0.365 e. The first-order valence-electron chi connectivity index (χ1n) is 10.6. The normalized spacial score (nSPS) is 26.2. The third-order valence-electron chi connectivity index (χ3n) is 7.82. The van der Waals surface area contributed by atoms with E-state index in [9.17, 15) is 19.7 Å². The van der Waals surface area contributed by atoms with Crippen molar-refractivity contribution in [3.8, 4) is 0 Å². The topological polar surface area (TPSA) is 111 Å². The summed E-state index contributed by atoms with van der Waals surface area (Å²) in [7, 11) is 0. The fourth-order valence-electron chi connectivity index (χ4n) is 5.22. The number of nitrogens with zero attached hydrogens (tertiary/aromatic N) is 2. The van der Waals surface area contributed by atoms with E-state index in [2.05, 4.69) is 24.3 Å². The van der Waals surface area contributed by atoms with Crippen LogP contribution in [0.15, 0.2) is 53.7 Å². The molecular formula is C24H24ClN3O5. The van der Waals surface area contributed by atoms with Gasteiger partial charge in [-0.3, -0.25) is 14.9 Å². The van der Waals surface area contributed by atoms with E-state index >= 15 is 0 Å². The molecule has 2 bridgehead atoms. The van der Waals surface area contributed by atoms with Gasteiger partial charge in [0.25, 0.3) is 5.69 Å². The summed E-state index contributed by atoms with van der Waals surface area (Å²) in [5.41, 5.74) is -0.609. The molecule has 0 saturated heterocycles. The van der Waals surface area contributed by atoms with Crippen LogP contribution in [0.1, 0.15) is 50.4 Å². The number of hydrogen-bond acceptors (Lipinski definition) is 6. The molecule has 0 aliphatic heterocycles. The lowest BCUT2D eigenvalue weighted by atomic mass is 9.64. The molecule has 2 aromatic carbocycles. The van der Waals surface area contributed by atoms with E-state index in [-0.39, 0.29) is 22.2 Å². The lowest BCUT2D eigenvalue weighted by Crippen LogP contribution is -2.43. The highest BCUT2D eigenvalue weighted by atomic mass is 35.5.